The summed E-state index contributed by atoms with van der Waals surface area (Å²) in [5.74, 6) is 0. The molecule has 0 spiro atoms. The van der Waals surface area contributed by atoms with E-state index in [9.17, 15) is 13.2 Å². The van der Waals surface area contributed by atoms with Crippen molar-refractivity contribution in [1.29, 1.82) is 0 Å². The van der Waals surface area contributed by atoms with Crippen molar-refractivity contribution in [2.75, 3.05) is 7.05 Å². The van der Waals surface area contributed by atoms with Crippen LogP contribution in [-0.2, 0) is 16.6 Å². The highest BCUT2D eigenvalue weighted by Crippen LogP contribution is 2.22. The van der Waals surface area contributed by atoms with Crippen LogP contribution in [0.3, 0.4) is 0 Å². The molecule has 1 N–H and O–H groups in total. The molecule has 5 nitrogen and oxygen atoms in total. The quantitative estimate of drug-likeness (QED) is 0.937. The SMILES string of the molecule is Cc1ccccc1CN(C)S(=O)(=O)c1sc(=O)[nH]c1C. The summed E-state index contributed by atoms with van der Waals surface area (Å²) in [7, 11) is -2.12. The van der Waals surface area contributed by atoms with Crippen LogP contribution in [0.4, 0.5) is 0 Å². The van der Waals surface area contributed by atoms with Gasteiger partial charge in [0.05, 0.1) is 0 Å². The molecule has 0 bridgehead atoms. The van der Waals surface area contributed by atoms with Crippen molar-refractivity contribution >= 4 is 21.4 Å². The largest absolute Gasteiger partial charge is 0.315 e. The first-order chi connectivity index (χ1) is 9.32. The Balaban J connectivity index is 2.33. The molecule has 0 atom stereocenters. The molecule has 0 saturated carbocycles. The van der Waals surface area contributed by atoms with Crippen LogP contribution in [0, 0.1) is 13.8 Å². The third-order valence-electron chi connectivity index (χ3n) is 3.08. The van der Waals surface area contributed by atoms with Crippen molar-refractivity contribution in [3.8, 4) is 0 Å². The van der Waals surface area contributed by atoms with Crippen LogP contribution < -0.4 is 4.87 Å². The first-order valence-electron chi connectivity index (χ1n) is 6.03. The van der Waals surface area contributed by atoms with Gasteiger partial charge in [-0.2, -0.15) is 4.31 Å². The molecule has 1 aromatic heterocycles. The molecule has 0 aliphatic carbocycles. The Hall–Kier alpha value is -1.44. The summed E-state index contributed by atoms with van der Waals surface area (Å²) in [4.78, 5) is 13.4. The van der Waals surface area contributed by atoms with Crippen molar-refractivity contribution in [2.24, 2.45) is 0 Å². The second-order valence-corrected chi connectivity index (χ2v) is 7.84. The molecule has 2 rings (SSSR count). The lowest BCUT2D eigenvalue weighted by Gasteiger charge is -2.17. The van der Waals surface area contributed by atoms with Gasteiger partial charge in [0.1, 0.15) is 0 Å². The van der Waals surface area contributed by atoms with Crippen LogP contribution in [0.1, 0.15) is 16.8 Å². The highest BCUT2D eigenvalue weighted by atomic mass is 32.2. The fourth-order valence-electron chi connectivity index (χ4n) is 1.89. The molecule has 1 aromatic carbocycles. The third kappa shape index (κ3) is 2.84. The minimum atomic E-state index is -3.64. The van der Waals surface area contributed by atoms with Crippen molar-refractivity contribution < 1.29 is 8.42 Å². The molecular weight excluding hydrogens is 296 g/mol. The number of rotatable bonds is 4. The zero-order valence-electron chi connectivity index (χ0n) is 11.5. The summed E-state index contributed by atoms with van der Waals surface area (Å²) in [5, 5.41) is 0. The predicted octanol–water partition coefficient (Wildman–Crippen LogP) is 1.87. The molecule has 0 aliphatic rings. The van der Waals surface area contributed by atoms with Crippen molar-refractivity contribution in [2.45, 2.75) is 24.6 Å². The molecule has 0 saturated heterocycles. The van der Waals surface area contributed by atoms with E-state index in [1.165, 1.54) is 11.4 Å². The number of benzene rings is 1. The van der Waals surface area contributed by atoms with Gasteiger partial charge in [0.25, 0.3) is 10.0 Å². The van der Waals surface area contributed by atoms with Gasteiger partial charge in [-0.3, -0.25) is 4.79 Å². The smallest absolute Gasteiger partial charge is 0.305 e. The van der Waals surface area contributed by atoms with E-state index in [0.717, 1.165) is 22.5 Å². The van der Waals surface area contributed by atoms with Crippen LogP contribution in [0.2, 0.25) is 0 Å². The van der Waals surface area contributed by atoms with Crippen LogP contribution >= 0.6 is 11.3 Å². The first kappa shape index (κ1) is 15.0. The number of hydrogen-bond donors (Lipinski definition) is 1. The zero-order chi connectivity index (χ0) is 14.9. The van der Waals surface area contributed by atoms with Crippen LogP contribution in [-0.4, -0.2) is 24.8 Å². The molecule has 7 heteroatoms. The average Bonchev–Trinajstić information content (AvgIpc) is 2.72. The second kappa shape index (κ2) is 5.51. The predicted molar refractivity (Wildman–Crippen MR) is 79.5 cm³/mol. The molecule has 2 aromatic rings. The Morgan fingerprint density at radius 3 is 2.45 bits per heavy atom. The van der Waals surface area contributed by atoms with Crippen LogP contribution in [0.5, 0.6) is 0 Å². The maximum absolute atomic E-state index is 12.5. The number of aromatic amines is 1. The lowest BCUT2D eigenvalue weighted by atomic mass is 10.1. The van der Waals surface area contributed by atoms with Gasteiger partial charge in [-0.05, 0) is 25.0 Å². The molecule has 20 heavy (non-hydrogen) atoms. The summed E-state index contributed by atoms with van der Waals surface area (Å²) < 4.78 is 26.3. The van der Waals surface area contributed by atoms with Gasteiger partial charge in [-0.25, -0.2) is 8.42 Å². The van der Waals surface area contributed by atoms with E-state index in [2.05, 4.69) is 4.98 Å². The minimum Gasteiger partial charge on any atom is -0.315 e. The fraction of sp³-hybridized carbons (Fsp3) is 0.308. The maximum Gasteiger partial charge on any atom is 0.305 e. The standard InChI is InChI=1S/C13H16N2O3S2/c1-9-6-4-5-7-11(9)8-15(3)20(17,18)12-10(2)14-13(16)19-12/h4-7H,8H2,1-3H3,(H,14,16). The lowest BCUT2D eigenvalue weighted by molar-refractivity contribution is 0.467. The maximum atomic E-state index is 12.5. The van der Waals surface area contributed by atoms with E-state index < -0.39 is 10.0 Å². The van der Waals surface area contributed by atoms with Crippen LogP contribution in [0.25, 0.3) is 0 Å². The summed E-state index contributed by atoms with van der Waals surface area (Å²) >= 11 is 0.724. The number of aromatic nitrogens is 1. The number of nitrogens with one attached hydrogen (secondary N) is 1. The summed E-state index contributed by atoms with van der Waals surface area (Å²) in [6.45, 7) is 3.81. The van der Waals surface area contributed by atoms with Gasteiger partial charge < -0.3 is 4.98 Å². The second-order valence-electron chi connectivity index (χ2n) is 4.61. The molecule has 0 fully saturated rings. The van der Waals surface area contributed by atoms with E-state index in [4.69, 9.17) is 0 Å². The average molecular weight is 312 g/mol. The van der Waals surface area contributed by atoms with E-state index in [1.54, 1.807) is 6.92 Å². The van der Waals surface area contributed by atoms with E-state index in [0.29, 0.717) is 5.69 Å². The lowest BCUT2D eigenvalue weighted by Crippen LogP contribution is -2.26. The highest BCUT2D eigenvalue weighted by Gasteiger charge is 2.26. The Morgan fingerprint density at radius 1 is 1.25 bits per heavy atom. The topological polar surface area (TPSA) is 70.2 Å². The number of hydrogen-bond acceptors (Lipinski definition) is 4. The molecular formula is C13H16N2O3S2. The number of aryl methyl sites for hydroxylation is 2. The van der Waals surface area contributed by atoms with Gasteiger partial charge in [0, 0.05) is 19.3 Å². The zero-order valence-corrected chi connectivity index (χ0v) is 13.1. The van der Waals surface area contributed by atoms with Crippen molar-refractivity contribution in [3.05, 3.63) is 50.8 Å². The first-order valence-corrected chi connectivity index (χ1v) is 8.28. The Bertz CT molecular complexity index is 775. The number of nitrogens with zero attached hydrogens (tertiary/aromatic N) is 1. The van der Waals surface area contributed by atoms with E-state index >= 15 is 0 Å². The Morgan fingerprint density at radius 2 is 1.90 bits per heavy atom. The number of H-pyrrole nitrogens is 1. The van der Waals surface area contributed by atoms with Gasteiger partial charge in [0.15, 0.2) is 4.21 Å². The molecule has 0 aliphatic heterocycles. The molecule has 1 heterocycles. The molecule has 0 unspecified atom stereocenters. The highest BCUT2D eigenvalue weighted by molar-refractivity contribution is 7.91. The molecule has 108 valence electrons. The third-order valence-corrected chi connectivity index (χ3v) is 6.47. The van der Waals surface area contributed by atoms with Gasteiger partial charge in [0.2, 0.25) is 0 Å². The number of thiazole rings is 1. The summed E-state index contributed by atoms with van der Waals surface area (Å²) in [5.41, 5.74) is 2.37. The summed E-state index contributed by atoms with van der Waals surface area (Å²) in [6.07, 6.45) is 0. The fourth-order valence-corrected chi connectivity index (χ4v) is 4.53. The summed E-state index contributed by atoms with van der Waals surface area (Å²) in [6, 6.07) is 7.63. The van der Waals surface area contributed by atoms with E-state index in [1.807, 2.05) is 31.2 Å². The van der Waals surface area contributed by atoms with Crippen molar-refractivity contribution in [1.82, 2.24) is 9.29 Å². The normalized spacial score (nSPS) is 12.0. The Kier molecular flexibility index (Phi) is 4.12. The molecule has 0 amide bonds. The minimum absolute atomic E-state index is 0.0820. The Labute approximate surface area is 121 Å². The van der Waals surface area contributed by atoms with Crippen LogP contribution in [0.15, 0.2) is 33.3 Å². The van der Waals surface area contributed by atoms with Gasteiger partial charge in [-0.15, -0.1) is 0 Å². The molecule has 0 radical (unpaired) electrons. The van der Waals surface area contributed by atoms with Gasteiger partial charge in [-0.1, -0.05) is 35.6 Å². The van der Waals surface area contributed by atoms with Crippen molar-refractivity contribution in [3.63, 3.8) is 0 Å². The monoisotopic (exact) mass is 312 g/mol. The van der Waals surface area contributed by atoms with E-state index in [-0.39, 0.29) is 15.6 Å². The number of sulfonamides is 1. The van der Waals surface area contributed by atoms with Gasteiger partial charge >= 0.3 is 4.87 Å².